The number of aryl methyl sites for hydroxylation is 1. The molecule has 20 heavy (non-hydrogen) atoms. The fourth-order valence-electron chi connectivity index (χ4n) is 2.41. The fraction of sp³-hybridized carbons (Fsp3) is 0.636. The van der Waals surface area contributed by atoms with Crippen LogP contribution in [0.1, 0.15) is 29.0 Å². The van der Waals surface area contributed by atoms with E-state index in [0.29, 0.717) is 0 Å². The molecule has 112 valence electrons. The number of hydrogen-bond donors (Lipinski definition) is 3. The minimum absolute atomic E-state index is 0.144. The number of aromatic nitrogens is 2. The van der Waals surface area contributed by atoms with Gasteiger partial charge in [-0.15, -0.1) is 0 Å². The number of carboxylic acid groups (broad SMARTS) is 1. The van der Waals surface area contributed by atoms with Crippen molar-refractivity contribution in [2.45, 2.75) is 30.7 Å². The Hall–Kier alpha value is -1.45. The van der Waals surface area contributed by atoms with Gasteiger partial charge < -0.3 is 10.0 Å². The molecule has 2 heterocycles. The molecule has 1 saturated heterocycles. The highest BCUT2D eigenvalue weighted by atomic mass is 32.2. The van der Waals surface area contributed by atoms with Crippen LogP contribution in [0.25, 0.3) is 0 Å². The van der Waals surface area contributed by atoms with E-state index in [1.807, 2.05) is 7.05 Å². The third kappa shape index (κ3) is 2.84. The topological polar surface area (TPSA) is 115 Å². The van der Waals surface area contributed by atoms with Crippen molar-refractivity contribution in [3.63, 3.8) is 0 Å². The molecule has 1 unspecified atom stereocenters. The van der Waals surface area contributed by atoms with Crippen LogP contribution in [0, 0.1) is 6.92 Å². The zero-order valence-electron chi connectivity index (χ0n) is 11.4. The van der Waals surface area contributed by atoms with Gasteiger partial charge in [0.2, 0.25) is 10.0 Å². The molecule has 2 rings (SSSR count). The molecule has 1 aliphatic heterocycles. The van der Waals surface area contributed by atoms with Gasteiger partial charge in [0.15, 0.2) is 5.69 Å². The highest BCUT2D eigenvalue weighted by Crippen LogP contribution is 2.19. The van der Waals surface area contributed by atoms with Crippen molar-refractivity contribution < 1.29 is 18.3 Å². The second-order valence-corrected chi connectivity index (χ2v) is 6.66. The van der Waals surface area contributed by atoms with Crippen LogP contribution >= 0.6 is 0 Å². The number of hydrogen-bond acceptors (Lipinski definition) is 5. The molecule has 0 amide bonds. The van der Waals surface area contributed by atoms with Crippen LogP contribution in [0.3, 0.4) is 0 Å². The third-order valence-corrected chi connectivity index (χ3v) is 5.13. The van der Waals surface area contributed by atoms with E-state index in [4.69, 9.17) is 5.11 Å². The van der Waals surface area contributed by atoms with E-state index in [0.717, 1.165) is 19.4 Å². The monoisotopic (exact) mass is 302 g/mol. The summed E-state index contributed by atoms with van der Waals surface area (Å²) in [5.74, 6) is -1.37. The van der Waals surface area contributed by atoms with Crippen LogP contribution in [0.2, 0.25) is 0 Å². The van der Waals surface area contributed by atoms with E-state index in [9.17, 15) is 13.2 Å². The lowest BCUT2D eigenvalue weighted by molar-refractivity contribution is 0.0686. The largest absolute Gasteiger partial charge is 0.476 e. The Morgan fingerprint density at radius 1 is 1.60 bits per heavy atom. The van der Waals surface area contributed by atoms with Crippen molar-refractivity contribution in [2.75, 3.05) is 20.1 Å². The molecule has 1 fully saturated rings. The normalized spacial score (nSPS) is 20.4. The Balaban J connectivity index is 2.18. The number of H-pyrrole nitrogens is 1. The molecule has 1 aromatic heterocycles. The summed E-state index contributed by atoms with van der Waals surface area (Å²) in [6.07, 6.45) is 1.96. The number of sulfonamides is 1. The van der Waals surface area contributed by atoms with E-state index >= 15 is 0 Å². The number of rotatable bonds is 5. The summed E-state index contributed by atoms with van der Waals surface area (Å²) in [5.41, 5.74) is -0.260. The number of likely N-dealkylation sites (tertiary alicyclic amines) is 1. The van der Waals surface area contributed by atoms with Gasteiger partial charge in [-0.25, -0.2) is 17.9 Å². The summed E-state index contributed by atoms with van der Waals surface area (Å²) in [5, 5.41) is 14.9. The van der Waals surface area contributed by atoms with Gasteiger partial charge in [0.1, 0.15) is 4.90 Å². The lowest BCUT2D eigenvalue weighted by atomic mass is 10.2. The molecular weight excluding hydrogens is 284 g/mol. The van der Waals surface area contributed by atoms with E-state index in [1.165, 1.54) is 6.92 Å². The molecule has 0 radical (unpaired) electrons. The molecule has 1 aliphatic rings. The first-order chi connectivity index (χ1) is 9.33. The quantitative estimate of drug-likeness (QED) is 0.693. The molecule has 1 atom stereocenters. The van der Waals surface area contributed by atoms with Crippen molar-refractivity contribution in [3.05, 3.63) is 11.4 Å². The molecule has 0 spiro atoms. The first-order valence-corrected chi connectivity index (χ1v) is 7.79. The van der Waals surface area contributed by atoms with Crippen LogP contribution in [-0.4, -0.2) is 60.8 Å². The van der Waals surface area contributed by atoms with Crippen molar-refractivity contribution in [2.24, 2.45) is 0 Å². The summed E-state index contributed by atoms with van der Waals surface area (Å²) in [6.45, 7) is 2.69. The van der Waals surface area contributed by atoms with E-state index < -0.39 is 21.7 Å². The van der Waals surface area contributed by atoms with Crippen LogP contribution in [-0.2, 0) is 10.0 Å². The molecule has 0 saturated carbocycles. The lowest BCUT2D eigenvalue weighted by Crippen LogP contribution is -2.38. The van der Waals surface area contributed by atoms with Gasteiger partial charge in [-0.05, 0) is 33.4 Å². The maximum absolute atomic E-state index is 12.2. The predicted molar refractivity (Wildman–Crippen MR) is 71.1 cm³/mol. The SMILES string of the molecule is Cc1[nH]nc(C(=O)O)c1S(=O)(=O)NCC1CCCN1C. The van der Waals surface area contributed by atoms with Crippen LogP contribution in [0.5, 0.6) is 0 Å². The number of nitrogens with zero attached hydrogens (tertiary/aromatic N) is 2. The van der Waals surface area contributed by atoms with Gasteiger partial charge in [0, 0.05) is 12.6 Å². The molecule has 9 heteroatoms. The smallest absolute Gasteiger partial charge is 0.357 e. The lowest BCUT2D eigenvalue weighted by Gasteiger charge is -2.19. The van der Waals surface area contributed by atoms with Crippen LogP contribution in [0.15, 0.2) is 4.90 Å². The number of aromatic carboxylic acids is 1. The summed E-state index contributed by atoms with van der Waals surface area (Å²) in [6, 6.07) is 0.144. The Kier molecular flexibility index (Phi) is 4.11. The second kappa shape index (κ2) is 5.51. The maximum Gasteiger partial charge on any atom is 0.357 e. The van der Waals surface area contributed by atoms with Gasteiger partial charge in [-0.3, -0.25) is 5.10 Å². The first kappa shape index (κ1) is 14.9. The summed E-state index contributed by atoms with van der Waals surface area (Å²) < 4.78 is 27.0. The minimum Gasteiger partial charge on any atom is -0.476 e. The number of carboxylic acids is 1. The van der Waals surface area contributed by atoms with Crippen molar-refractivity contribution in [1.29, 1.82) is 0 Å². The van der Waals surface area contributed by atoms with Crippen molar-refractivity contribution in [1.82, 2.24) is 19.8 Å². The summed E-state index contributed by atoms with van der Waals surface area (Å²) in [4.78, 5) is 12.8. The second-order valence-electron chi connectivity index (χ2n) is 4.96. The molecule has 1 aromatic rings. The average Bonchev–Trinajstić information content (AvgIpc) is 2.93. The van der Waals surface area contributed by atoms with Gasteiger partial charge in [-0.2, -0.15) is 5.10 Å². The van der Waals surface area contributed by atoms with Crippen molar-refractivity contribution >= 4 is 16.0 Å². The first-order valence-electron chi connectivity index (χ1n) is 6.31. The van der Waals surface area contributed by atoms with Gasteiger partial charge in [0.25, 0.3) is 0 Å². The molecule has 8 nitrogen and oxygen atoms in total. The summed E-state index contributed by atoms with van der Waals surface area (Å²) >= 11 is 0. The fourth-order valence-corrected chi connectivity index (χ4v) is 3.80. The van der Waals surface area contributed by atoms with E-state index in [-0.39, 0.29) is 23.2 Å². The minimum atomic E-state index is -3.89. The highest BCUT2D eigenvalue weighted by molar-refractivity contribution is 7.89. The Bertz CT molecular complexity index is 610. The molecule has 0 aliphatic carbocycles. The van der Waals surface area contributed by atoms with Crippen LogP contribution < -0.4 is 4.72 Å². The zero-order valence-corrected chi connectivity index (χ0v) is 12.2. The predicted octanol–water partition coefficient (Wildman–Crippen LogP) is -0.211. The number of nitrogens with one attached hydrogen (secondary N) is 2. The molecular formula is C11H18N4O4S. The Morgan fingerprint density at radius 2 is 2.30 bits per heavy atom. The average molecular weight is 302 g/mol. The number of aromatic amines is 1. The van der Waals surface area contributed by atoms with E-state index in [2.05, 4.69) is 19.8 Å². The van der Waals surface area contributed by atoms with Gasteiger partial charge in [0.05, 0.1) is 5.69 Å². The zero-order chi connectivity index (χ0) is 14.9. The summed E-state index contributed by atoms with van der Waals surface area (Å²) in [7, 11) is -1.94. The Morgan fingerprint density at radius 3 is 2.85 bits per heavy atom. The third-order valence-electron chi connectivity index (χ3n) is 3.54. The van der Waals surface area contributed by atoms with E-state index in [1.54, 1.807) is 0 Å². The highest BCUT2D eigenvalue weighted by Gasteiger charge is 2.30. The number of carbonyl (C=O) groups is 1. The van der Waals surface area contributed by atoms with Crippen molar-refractivity contribution in [3.8, 4) is 0 Å². The maximum atomic E-state index is 12.2. The molecule has 0 bridgehead atoms. The number of likely N-dealkylation sites (N-methyl/N-ethyl adjacent to an activating group) is 1. The molecule has 3 N–H and O–H groups in total. The molecule has 0 aromatic carbocycles. The van der Waals surface area contributed by atoms with Gasteiger partial charge >= 0.3 is 5.97 Å². The Labute approximate surface area is 117 Å². The van der Waals surface area contributed by atoms with Gasteiger partial charge in [-0.1, -0.05) is 0 Å². The van der Waals surface area contributed by atoms with Crippen LogP contribution in [0.4, 0.5) is 0 Å². The standard InChI is InChI=1S/C11H18N4O4S/c1-7-10(9(11(16)17)14-13-7)20(18,19)12-6-8-4-3-5-15(8)2/h8,12H,3-6H2,1-2H3,(H,13,14)(H,16,17).